The molecular weight excluding hydrogens is 298 g/mol. The van der Waals surface area contributed by atoms with Gasteiger partial charge in [0.05, 0.1) is 12.8 Å². The first kappa shape index (κ1) is 12.9. The lowest BCUT2D eigenvalue weighted by molar-refractivity contribution is -0.115. The molecule has 1 amide bonds. The minimum absolute atomic E-state index is 0.104. The zero-order valence-electron chi connectivity index (χ0n) is 10.00. The molecule has 0 saturated carbocycles. The van der Waals surface area contributed by atoms with Crippen LogP contribution in [0.5, 0.6) is 5.75 Å². The van der Waals surface area contributed by atoms with Crippen molar-refractivity contribution in [3.63, 3.8) is 0 Å². The number of nitrogens with one attached hydrogen (secondary N) is 2. The molecular formula is C12H14BrN3O2. The highest BCUT2D eigenvalue weighted by atomic mass is 79.9. The average molecular weight is 312 g/mol. The molecule has 1 aliphatic rings. The number of carbonyl (C=O) groups excluding carboxylic acids is 1. The summed E-state index contributed by atoms with van der Waals surface area (Å²) in [6.07, 6.45) is 1.62. The maximum Gasteiger partial charge on any atom is 0.267 e. The normalized spacial score (nSPS) is 17.4. The molecule has 0 spiro atoms. The number of piperidine rings is 1. The summed E-state index contributed by atoms with van der Waals surface area (Å²) in [5.74, 6) is 0.627. The van der Waals surface area contributed by atoms with Crippen LogP contribution < -0.4 is 15.5 Å². The van der Waals surface area contributed by atoms with Gasteiger partial charge in [-0.25, -0.2) is 0 Å². The van der Waals surface area contributed by atoms with Crippen LogP contribution >= 0.6 is 15.9 Å². The number of anilines is 1. The second kappa shape index (κ2) is 5.86. The minimum atomic E-state index is -0.104. The Hall–Kier alpha value is -1.56. The third kappa shape index (κ3) is 3.01. The summed E-state index contributed by atoms with van der Waals surface area (Å²) in [5.41, 5.74) is 4.18. The first-order valence-electron chi connectivity index (χ1n) is 5.65. The van der Waals surface area contributed by atoms with Crippen LogP contribution in [0.25, 0.3) is 0 Å². The quantitative estimate of drug-likeness (QED) is 0.841. The molecule has 2 rings (SSSR count). The van der Waals surface area contributed by atoms with Gasteiger partial charge in [0.2, 0.25) is 0 Å². The van der Waals surface area contributed by atoms with Crippen molar-refractivity contribution in [1.29, 1.82) is 0 Å². The fraction of sp³-hybridized carbons (Fsp3) is 0.333. The second-order valence-corrected chi connectivity index (χ2v) is 4.73. The van der Waals surface area contributed by atoms with Gasteiger partial charge in [-0.1, -0.05) is 0 Å². The molecule has 1 aromatic carbocycles. The van der Waals surface area contributed by atoms with Crippen LogP contribution in [0.4, 0.5) is 5.69 Å². The van der Waals surface area contributed by atoms with Gasteiger partial charge in [-0.2, -0.15) is 5.10 Å². The van der Waals surface area contributed by atoms with Crippen molar-refractivity contribution in [2.75, 3.05) is 19.1 Å². The van der Waals surface area contributed by atoms with Gasteiger partial charge in [0, 0.05) is 17.1 Å². The second-order valence-electron chi connectivity index (χ2n) is 3.88. The molecule has 0 atom stereocenters. The molecule has 1 aromatic rings. The van der Waals surface area contributed by atoms with Crippen LogP contribution in [0.15, 0.2) is 27.8 Å². The molecule has 18 heavy (non-hydrogen) atoms. The maximum atomic E-state index is 11.5. The SMILES string of the molecule is COc1ccc(Br)c(N/N=C2/CCCNC2=O)c1. The lowest BCUT2D eigenvalue weighted by Crippen LogP contribution is -2.37. The lowest BCUT2D eigenvalue weighted by Gasteiger charge is -2.14. The number of methoxy groups -OCH3 is 1. The van der Waals surface area contributed by atoms with Crippen molar-refractivity contribution in [3.05, 3.63) is 22.7 Å². The first-order valence-corrected chi connectivity index (χ1v) is 6.44. The van der Waals surface area contributed by atoms with E-state index in [1.807, 2.05) is 18.2 Å². The molecule has 1 heterocycles. The number of hydrazone groups is 1. The smallest absolute Gasteiger partial charge is 0.267 e. The van der Waals surface area contributed by atoms with E-state index in [4.69, 9.17) is 4.74 Å². The Kier molecular flexibility index (Phi) is 4.19. The van der Waals surface area contributed by atoms with Gasteiger partial charge in [-0.15, -0.1) is 0 Å². The Bertz CT molecular complexity index is 488. The van der Waals surface area contributed by atoms with E-state index in [0.717, 1.165) is 28.9 Å². The summed E-state index contributed by atoms with van der Waals surface area (Å²) in [6, 6.07) is 5.52. The third-order valence-electron chi connectivity index (χ3n) is 2.62. The van der Waals surface area contributed by atoms with Crippen LogP contribution in [-0.2, 0) is 4.79 Å². The number of hydrogen-bond donors (Lipinski definition) is 2. The van der Waals surface area contributed by atoms with Crippen molar-refractivity contribution < 1.29 is 9.53 Å². The summed E-state index contributed by atoms with van der Waals surface area (Å²) in [6.45, 7) is 0.723. The zero-order chi connectivity index (χ0) is 13.0. The average Bonchev–Trinajstić information content (AvgIpc) is 2.39. The third-order valence-corrected chi connectivity index (χ3v) is 3.31. The van der Waals surface area contributed by atoms with Crippen molar-refractivity contribution in [1.82, 2.24) is 5.32 Å². The minimum Gasteiger partial charge on any atom is -0.497 e. The van der Waals surface area contributed by atoms with Crippen LogP contribution in [-0.4, -0.2) is 25.3 Å². The summed E-state index contributed by atoms with van der Waals surface area (Å²) in [7, 11) is 1.60. The molecule has 0 unspecified atom stereocenters. The molecule has 1 fully saturated rings. The topological polar surface area (TPSA) is 62.7 Å². The fourth-order valence-corrected chi connectivity index (χ4v) is 1.96. The van der Waals surface area contributed by atoms with Crippen LogP contribution in [0.2, 0.25) is 0 Å². The Morgan fingerprint density at radius 1 is 1.50 bits per heavy atom. The number of amides is 1. The Morgan fingerprint density at radius 2 is 2.33 bits per heavy atom. The van der Waals surface area contributed by atoms with E-state index in [1.165, 1.54) is 0 Å². The van der Waals surface area contributed by atoms with E-state index in [-0.39, 0.29) is 5.91 Å². The van der Waals surface area contributed by atoms with Gasteiger partial charge in [0.1, 0.15) is 11.5 Å². The van der Waals surface area contributed by atoms with Crippen molar-refractivity contribution in [3.8, 4) is 5.75 Å². The number of halogens is 1. The number of rotatable bonds is 3. The van der Waals surface area contributed by atoms with Crippen LogP contribution in [0.3, 0.4) is 0 Å². The molecule has 0 bridgehead atoms. The summed E-state index contributed by atoms with van der Waals surface area (Å²) < 4.78 is 6.00. The molecule has 2 N–H and O–H groups in total. The van der Waals surface area contributed by atoms with E-state index >= 15 is 0 Å². The monoisotopic (exact) mass is 311 g/mol. The van der Waals surface area contributed by atoms with Gasteiger partial charge >= 0.3 is 0 Å². The highest BCUT2D eigenvalue weighted by molar-refractivity contribution is 9.10. The molecule has 0 radical (unpaired) electrons. The van der Waals surface area contributed by atoms with E-state index in [2.05, 4.69) is 31.8 Å². The number of nitrogens with zero attached hydrogens (tertiary/aromatic N) is 1. The van der Waals surface area contributed by atoms with Gasteiger partial charge in [-0.05, 0) is 40.9 Å². The molecule has 1 saturated heterocycles. The molecule has 0 aromatic heterocycles. The van der Waals surface area contributed by atoms with E-state index in [1.54, 1.807) is 7.11 Å². The number of hydrogen-bond acceptors (Lipinski definition) is 4. The standard InChI is InChI=1S/C12H14BrN3O2/c1-18-8-4-5-9(13)11(7-8)16-15-10-3-2-6-14-12(10)17/h4-5,7,16H,2-3,6H2,1H3,(H,14,17)/b15-10-. The molecule has 1 aliphatic heterocycles. The fourth-order valence-electron chi connectivity index (χ4n) is 1.62. The Labute approximate surface area is 114 Å². The molecule has 6 heteroatoms. The van der Waals surface area contributed by atoms with Crippen molar-refractivity contribution in [2.45, 2.75) is 12.8 Å². The van der Waals surface area contributed by atoms with Crippen LogP contribution in [0.1, 0.15) is 12.8 Å². The maximum absolute atomic E-state index is 11.5. The number of carbonyl (C=O) groups is 1. The molecule has 0 aliphatic carbocycles. The lowest BCUT2D eigenvalue weighted by atomic mass is 10.1. The van der Waals surface area contributed by atoms with Gasteiger partial charge in [0.25, 0.3) is 5.91 Å². The van der Waals surface area contributed by atoms with Crippen LogP contribution in [0, 0.1) is 0 Å². The number of ether oxygens (including phenoxy) is 1. The summed E-state index contributed by atoms with van der Waals surface area (Å²) >= 11 is 3.41. The van der Waals surface area contributed by atoms with Crippen molar-refractivity contribution in [2.24, 2.45) is 5.10 Å². The van der Waals surface area contributed by atoms with Crippen molar-refractivity contribution >= 4 is 33.2 Å². The first-order chi connectivity index (χ1) is 8.70. The van der Waals surface area contributed by atoms with E-state index in [9.17, 15) is 4.79 Å². The predicted molar refractivity (Wildman–Crippen MR) is 74.0 cm³/mol. The largest absolute Gasteiger partial charge is 0.497 e. The molecule has 96 valence electrons. The summed E-state index contributed by atoms with van der Waals surface area (Å²) in [5, 5.41) is 6.90. The summed E-state index contributed by atoms with van der Waals surface area (Å²) in [4.78, 5) is 11.5. The zero-order valence-corrected chi connectivity index (χ0v) is 11.6. The Morgan fingerprint density at radius 3 is 3.06 bits per heavy atom. The number of benzene rings is 1. The van der Waals surface area contributed by atoms with Gasteiger partial charge in [0.15, 0.2) is 0 Å². The van der Waals surface area contributed by atoms with Gasteiger partial charge in [-0.3, -0.25) is 10.2 Å². The Balaban J connectivity index is 2.13. The molecule has 5 nitrogen and oxygen atoms in total. The highest BCUT2D eigenvalue weighted by Gasteiger charge is 2.15. The van der Waals surface area contributed by atoms with E-state index < -0.39 is 0 Å². The predicted octanol–water partition coefficient (Wildman–Crippen LogP) is 2.14. The highest BCUT2D eigenvalue weighted by Crippen LogP contribution is 2.27. The van der Waals surface area contributed by atoms with Gasteiger partial charge < -0.3 is 10.1 Å². The van der Waals surface area contributed by atoms with E-state index in [0.29, 0.717) is 12.1 Å².